The van der Waals surface area contributed by atoms with Crippen LogP contribution in [0.15, 0.2) is 34.4 Å². The molecule has 144 valence electrons. The number of nitrogens with two attached hydrogens (primary N) is 2. The standard InChI is InChI=1S/C15H16F3N7OS/c1-27-13-10(6-22-20)12(24-14(19)25-13)21-7-11(26)23-9-4-2-3-8(5-9)15(16,17)18/h2-6H,7,20H2,1H3,(H,23,26)(H3,19,21,24,25). The summed E-state index contributed by atoms with van der Waals surface area (Å²) in [5.41, 5.74) is 5.23. The zero-order valence-electron chi connectivity index (χ0n) is 14.0. The molecule has 1 aromatic heterocycles. The summed E-state index contributed by atoms with van der Waals surface area (Å²) in [6.07, 6.45) is -1.43. The largest absolute Gasteiger partial charge is 0.416 e. The van der Waals surface area contributed by atoms with E-state index in [1.165, 1.54) is 30.1 Å². The van der Waals surface area contributed by atoms with Crippen molar-refractivity contribution in [1.29, 1.82) is 0 Å². The normalized spacial score (nSPS) is 11.6. The molecular formula is C15H16F3N7OS. The molecule has 0 fully saturated rings. The van der Waals surface area contributed by atoms with Gasteiger partial charge in [-0.2, -0.15) is 23.3 Å². The quantitative estimate of drug-likeness (QED) is 0.192. The summed E-state index contributed by atoms with van der Waals surface area (Å²) < 4.78 is 38.2. The summed E-state index contributed by atoms with van der Waals surface area (Å²) in [7, 11) is 0. The van der Waals surface area contributed by atoms with Crippen LogP contribution in [-0.2, 0) is 11.0 Å². The Hall–Kier alpha value is -3.02. The van der Waals surface area contributed by atoms with Crippen LogP contribution in [-0.4, -0.2) is 34.9 Å². The third-order valence-electron chi connectivity index (χ3n) is 3.22. The molecule has 1 amide bonds. The maximum atomic E-state index is 12.7. The van der Waals surface area contributed by atoms with Gasteiger partial charge in [0, 0.05) is 5.69 Å². The Morgan fingerprint density at radius 1 is 1.37 bits per heavy atom. The number of amides is 1. The molecule has 2 aromatic rings. The van der Waals surface area contributed by atoms with Crippen LogP contribution in [0.5, 0.6) is 0 Å². The maximum absolute atomic E-state index is 12.7. The van der Waals surface area contributed by atoms with Gasteiger partial charge < -0.3 is 22.2 Å². The lowest BCUT2D eigenvalue weighted by Crippen LogP contribution is -2.23. The second kappa shape index (κ2) is 8.58. The molecule has 0 bridgehead atoms. The molecule has 2 rings (SSSR count). The summed E-state index contributed by atoms with van der Waals surface area (Å²) in [4.78, 5) is 20.1. The Morgan fingerprint density at radius 3 is 2.74 bits per heavy atom. The lowest BCUT2D eigenvalue weighted by molar-refractivity contribution is -0.137. The second-order valence-corrected chi connectivity index (χ2v) is 5.91. The maximum Gasteiger partial charge on any atom is 0.416 e. The van der Waals surface area contributed by atoms with Gasteiger partial charge in [-0.25, -0.2) is 4.98 Å². The fourth-order valence-electron chi connectivity index (χ4n) is 2.09. The van der Waals surface area contributed by atoms with Crippen LogP contribution in [0.2, 0.25) is 0 Å². The van der Waals surface area contributed by atoms with E-state index in [1.54, 1.807) is 6.26 Å². The average Bonchev–Trinajstić information content (AvgIpc) is 2.61. The van der Waals surface area contributed by atoms with Gasteiger partial charge in [0.15, 0.2) is 0 Å². The molecule has 8 nitrogen and oxygen atoms in total. The van der Waals surface area contributed by atoms with E-state index in [1.807, 2.05) is 0 Å². The fraction of sp³-hybridized carbons (Fsp3) is 0.200. The van der Waals surface area contributed by atoms with E-state index in [-0.39, 0.29) is 24.0 Å². The highest BCUT2D eigenvalue weighted by molar-refractivity contribution is 7.98. The van der Waals surface area contributed by atoms with E-state index in [4.69, 9.17) is 11.6 Å². The van der Waals surface area contributed by atoms with Crippen molar-refractivity contribution in [2.75, 3.05) is 29.2 Å². The zero-order chi connectivity index (χ0) is 20.0. The van der Waals surface area contributed by atoms with Gasteiger partial charge in [0.05, 0.1) is 23.9 Å². The summed E-state index contributed by atoms with van der Waals surface area (Å²) in [6, 6.07) is 4.32. The Bertz CT molecular complexity index is 858. The summed E-state index contributed by atoms with van der Waals surface area (Å²) in [5, 5.41) is 9.06. The predicted octanol–water partition coefficient (Wildman–Crippen LogP) is 2.14. The number of nitrogens with zero attached hydrogens (tertiary/aromatic N) is 3. The van der Waals surface area contributed by atoms with Gasteiger partial charge >= 0.3 is 6.18 Å². The smallest absolute Gasteiger partial charge is 0.368 e. The molecule has 0 saturated carbocycles. The summed E-state index contributed by atoms with van der Waals surface area (Å²) in [6.45, 7) is -0.272. The molecule has 0 aliphatic heterocycles. The van der Waals surface area contributed by atoms with Crippen LogP contribution in [0, 0.1) is 0 Å². The van der Waals surface area contributed by atoms with Gasteiger partial charge in [0.2, 0.25) is 11.9 Å². The minimum Gasteiger partial charge on any atom is -0.368 e. The van der Waals surface area contributed by atoms with Crippen molar-refractivity contribution in [3.63, 3.8) is 0 Å². The minimum absolute atomic E-state index is 0.0192. The number of carbonyl (C=O) groups is 1. The molecule has 0 aliphatic rings. The molecule has 0 saturated heterocycles. The average molecular weight is 399 g/mol. The molecule has 27 heavy (non-hydrogen) atoms. The van der Waals surface area contributed by atoms with Crippen molar-refractivity contribution in [3.05, 3.63) is 35.4 Å². The van der Waals surface area contributed by atoms with Gasteiger partial charge in [-0.3, -0.25) is 4.79 Å². The third kappa shape index (κ3) is 5.48. The number of thioether (sulfide) groups is 1. The van der Waals surface area contributed by atoms with Crippen molar-refractivity contribution < 1.29 is 18.0 Å². The van der Waals surface area contributed by atoms with E-state index in [9.17, 15) is 18.0 Å². The highest BCUT2D eigenvalue weighted by Crippen LogP contribution is 2.30. The predicted molar refractivity (Wildman–Crippen MR) is 98.6 cm³/mol. The lowest BCUT2D eigenvalue weighted by atomic mass is 10.2. The number of hydrazone groups is 1. The van der Waals surface area contributed by atoms with Crippen LogP contribution in [0.4, 0.5) is 30.6 Å². The van der Waals surface area contributed by atoms with Crippen molar-refractivity contribution in [3.8, 4) is 0 Å². The number of carbonyl (C=O) groups excluding carboxylic acids is 1. The van der Waals surface area contributed by atoms with Crippen LogP contribution >= 0.6 is 11.8 Å². The molecule has 0 radical (unpaired) electrons. The number of nitrogen functional groups attached to an aromatic ring is 1. The minimum atomic E-state index is -4.50. The van der Waals surface area contributed by atoms with E-state index >= 15 is 0 Å². The number of halogens is 3. The molecule has 0 spiro atoms. The molecule has 1 heterocycles. The van der Waals surface area contributed by atoms with Crippen LogP contribution in [0.25, 0.3) is 0 Å². The third-order valence-corrected chi connectivity index (χ3v) is 3.91. The molecule has 0 aliphatic carbocycles. The molecule has 1 aromatic carbocycles. The highest BCUT2D eigenvalue weighted by atomic mass is 32.2. The second-order valence-electron chi connectivity index (χ2n) is 5.11. The highest BCUT2D eigenvalue weighted by Gasteiger charge is 2.30. The van der Waals surface area contributed by atoms with Gasteiger partial charge in [-0.1, -0.05) is 6.07 Å². The molecule has 0 atom stereocenters. The van der Waals surface area contributed by atoms with Crippen LogP contribution in [0.3, 0.4) is 0 Å². The molecule has 12 heteroatoms. The first-order chi connectivity index (χ1) is 12.7. The summed E-state index contributed by atoms with van der Waals surface area (Å²) in [5.74, 6) is 4.80. The number of nitrogens with one attached hydrogen (secondary N) is 2. The number of hydrogen-bond acceptors (Lipinski definition) is 8. The Kier molecular flexibility index (Phi) is 6.45. The first kappa shape index (κ1) is 20.3. The number of aromatic nitrogens is 2. The number of benzene rings is 1. The van der Waals surface area contributed by atoms with Crippen molar-refractivity contribution in [2.24, 2.45) is 10.9 Å². The van der Waals surface area contributed by atoms with Gasteiger partial charge in [-0.15, -0.1) is 11.8 Å². The monoisotopic (exact) mass is 399 g/mol. The van der Waals surface area contributed by atoms with Crippen LogP contribution in [0.1, 0.15) is 11.1 Å². The van der Waals surface area contributed by atoms with E-state index in [0.29, 0.717) is 10.6 Å². The Balaban J connectivity index is 2.11. The molecule has 0 unspecified atom stereocenters. The van der Waals surface area contributed by atoms with Gasteiger partial charge in [0.1, 0.15) is 10.8 Å². The first-order valence-electron chi connectivity index (χ1n) is 7.40. The van der Waals surface area contributed by atoms with E-state index in [0.717, 1.165) is 12.1 Å². The summed E-state index contributed by atoms with van der Waals surface area (Å²) >= 11 is 1.28. The van der Waals surface area contributed by atoms with Gasteiger partial charge in [0.25, 0.3) is 0 Å². The number of hydrogen-bond donors (Lipinski definition) is 4. The van der Waals surface area contributed by atoms with Crippen molar-refractivity contribution >= 4 is 41.3 Å². The Morgan fingerprint density at radius 2 is 2.11 bits per heavy atom. The van der Waals surface area contributed by atoms with E-state index in [2.05, 4.69) is 25.7 Å². The van der Waals surface area contributed by atoms with Crippen LogP contribution < -0.4 is 22.2 Å². The zero-order valence-corrected chi connectivity index (χ0v) is 14.9. The first-order valence-corrected chi connectivity index (χ1v) is 8.62. The SMILES string of the molecule is CSc1nc(N)nc(NCC(=O)Nc2cccc(C(F)(F)F)c2)c1C=NN. The van der Waals surface area contributed by atoms with Crippen molar-refractivity contribution in [2.45, 2.75) is 11.2 Å². The number of rotatable bonds is 6. The number of anilines is 3. The van der Waals surface area contributed by atoms with Gasteiger partial charge in [-0.05, 0) is 24.5 Å². The molecule has 6 N–H and O–H groups in total. The fourth-order valence-corrected chi connectivity index (χ4v) is 2.64. The van der Waals surface area contributed by atoms with E-state index < -0.39 is 17.6 Å². The Labute approximate surface area is 156 Å². The topological polar surface area (TPSA) is 131 Å². The lowest BCUT2D eigenvalue weighted by Gasteiger charge is -2.12. The number of alkyl halides is 3. The van der Waals surface area contributed by atoms with Crippen molar-refractivity contribution in [1.82, 2.24) is 9.97 Å². The molecular weight excluding hydrogens is 383 g/mol.